The van der Waals surface area contributed by atoms with E-state index in [1.54, 1.807) is 48.5 Å². The largest absolute Gasteiger partial charge is 0.495 e. The second-order valence-corrected chi connectivity index (χ2v) is 5.19. The van der Waals surface area contributed by atoms with Gasteiger partial charge < -0.3 is 19.5 Å². The molecule has 0 heterocycles. The molecular weight excluding hydrogens is 322 g/mol. The first-order valence-electron chi connectivity index (χ1n) is 7.93. The number of hydrogen-bond acceptors (Lipinski definition) is 5. The average molecular weight is 343 g/mol. The third-order valence-electron chi connectivity index (χ3n) is 3.42. The van der Waals surface area contributed by atoms with Crippen LogP contribution in [0.4, 0.5) is 5.69 Å². The van der Waals surface area contributed by atoms with Crippen LogP contribution in [0.1, 0.15) is 24.2 Å². The molecule has 0 saturated carbocycles. The topological polar surface area (TPSA) is 73.9 Å². The lowest BCUT2D eigenvalue weighted by Crippen LogP contribution is -2.30. The number of esters is 1. The molecule has 0 saturated heterocycles. The van der Waals surface area contributed by atoms with Crippen LogP contribution in [0.3, 0.4) is 0 Å². The van der Waals surface area contributed by atoms with Gasteiger partial charge in [0.15, 0.2) is 6.10 Å². The number of rotatable bonds is 7. The van der Waals surface area contributed by atoms with Crippen LogP contribution in [0.5, 0.6) is 11.5 Å². The summed E-state index contributed by atoms with van der Waals surface area (Å²) in [6.45, 7) is 3.94. The first-order chi connectivity index (χ1) is 12.0. The Hall–Kier alpha value is -3.02. The smallest absolute Gasteiger partial charge is 0.338 e. The Labute approximate surface area is 146 Å². The van der Waals surface area contributed by atoms with E-state index in [1.165, 1.54) is 14.0 Å². The molecule has 1 amide bonds. The number of carbonyl (C=O) groups is 2. The molecule has 0 aromatic heterocycles. The van der Waals surface area contributed by atoms with Gasteiger partial charge in [0.25, 0.3) is 5.91 Å². The standard InChI is InChI=1S/C19H21NO5/c1-4-24-15-11-9-14(10-12-15)19(22)25-13(2)18(21)20-16-7-5-6-8-17(16)23-3/h5-13H,4H2,1-3H3,(H,20,21). The SMILES string of the molecule is CCOc1ccc(C(=O)OC(C)C(=O)Nc2ccccc2OC)cc1. The molecule has 0 spiro atoms. The van der Waals surface area contributed by atoms with E-state index in [4.69, 9.17) is 14.2 Å². The summed E-state index contributed by atoms with van der Waals surface area (Å²) in [5, 5.41) is 2.68. The molecule has 0 aliphatic rings. The summed E-state index contributed by atoms with van der Waals surface area (Å²) in [7, 11) is 1.51. The molecule has 1 N–H and O–H groups in total. The summed E-state index contributed by atoms with van der Waals surface area (Å²) in [6.07, 6.45) is -0.955. The summed E-state index contributed by atoms with van der Waals surface area (Å²) >= 11 is 0. The summed E-state index contributed by atoms with van der Waals surface area (Å²) in [6, 6.07) is 13.6. The normalized spacial score (nSPS) is 11.3. The maximum atomic E-state index is 12.2. The van der Waals surface area contributed by atoms with E-state index in [-0.39, 0.29) is 0 Å². The highest BCUT2D eigenvalue weighted by Crippen LogP contribution is 2.23. The minimum Gasteiger partial charge on any atom is -0.495 e. The predicted octanol–water partition coefficient (Wildman–Crippen LogP) is 3.28. The first-order valence-corrected chi connectivity index (χ1v) is 7.93. The molecule has 6 heteroatoms. The van der Waals surface area contributed by atoms with Gasteiger partial charge >= 0.3 is 5.97 Å². The lowest BCUT2D eigenvalue weighted by atomic mass is 10.2. The molecule has 1 unspecified atom stereocenters. The maximum absolute atomic E-state index is 12.2. The molecule has 6 nitrogen and oxygen atoms in total. The number of anilines is 1. The zero-order valence-electron chi connectivity index (χ0n) is 14.4. The highest BCUT2D eigenvalue weighted by Gasteiger charge is 2.20. The van der Waals surface area contributed by atoms with E-state index in [2.05, 4.69) is 5.32 Å². The molecule has 2 aromatic carbocycles. The van der Waals surface area contributed by atoms with E-state index in [0.29, 0.717) is 29.4 Å². The predicted molar refractivity (Wildman–Crippen MR) is 94.1 cm³/mol. The van der Waals surface area contributed by atoms with Gasteiger partial charge in [0.1, 0.15) is 11.5 Å². The minimum atomic E-state index is -0.955. The van der Waals surface area contributed by atoms with Gasteiger partial charge in [0, 0.05) is 0 Å². The number of amides is 1. The van der Waals surface area contributed by atoms with E-state index in [1.807, 2.05) is 6.92 Å². The van der Waals surface area contributed by atoms with Gasteiger partial charge in [0.2, 0.25) is 0 Å². The number of carbonyl (C=O) groups excluding carboxylic acids is 2. The van der Waals surface area contributed by atoms with Gasteiger partial charge in [-0.2, -0.15) is 0 Å². The Morgan fingerprint density at radius 3 is 2.40 bits per heavy atom. The Morgan fingerprint density at radius 2 is 1.76 bits per heavy atom. The molecule has 2 aromatic rings. The number of benzene rings is 2. The van der Waals surface area contributed by atoms with Crippen LogP contribution in [0.2, 0.25) is 0 Å². The fraction of sp³-hybridized carbons (Fsp3) is 0.263. The van der Waals surface area contributed by atoms with Crippen LogP contribution in [0.15, 0.2) is 48.5 Å². The zero-order valence-corrected chi connectivity index (χ0v) is 14.4. The molecule has 0 aliphatic heterocycles. The fourth-order valence-electron chi connectivity index (χ4n) is 2.12. The lowest BCUT2D eigenvalue weighted by molar-refractivity contribution is -0.123. The van der Waals surface area contributed by atoms with Crippen LogP contribution in [-0.2, 0) is 9.53 Å². The van der Waals surface area contributed by atoms with Gasteiger partial charge in [-0.05, 0) is 50.2 Å². The van der Waals surface area contributed by atoms with Gasteiger partial charge in [-0.1, -0.05) is 12.1 Å². The summed E-state index contributed by atoms with van der Waals surface area (Å²) < 4.78 is 15.7. The molecule has 1 atom stereocenters. The zero-order chi connectivity index (χ0) is 18.2. The Balaban J connectivity index is 1.97. The number of ether oxygens (including phenoxy) is 3. The number of para-hydroxylation sites is 2. The lowest BCUT2D eigenvalue weighted by Gasteiger charge is -2.15. The van der Waals surface area contributed by atoms with Crippen molar-refractivity contribution in [3.05, 3.63) is 54.1 Å². The highest BCUT2D eigenvalue weighted by atomic mass is 16.5. The van der Waals surface area contributed by atoms with Crippen LogP contribution in [-0.4, -0.2) is 31.7 Å². The Kier molecular flexibility index (Phi) is 6.39. The van der Waals surface area contributed by atoms with Gasteiger partial charge in [-0.25, -0.2) is 4.79 Å². The van der Waals surface area contributed by atoms with Crippen molar-refractivity contribution in [3.8, 4) is 11.5 Å². The van der Waals surface area contributed by atoms with Crippen molar-refractivity contribution in [2.45, 2.75) is 20.0 Å². The third-order valence-corrected chi connectivity index (χ3v) is 3.42. The average Bonchev–Trinajstić information content (AvgIpc) is 2.63. The maximum Gasteiger partial charge on any atom is 0.338 e. The van der Waals surface area contributed by atoms with Crippen LogP contribution >= 0.6 is 0 Å². The summed E-state index contributed by atoms with van der Waals surface area (Å²) in [5.41, 5.74) is 0.861. The Bertz CT molecular complexity index is 727. The molecule has 132 valence electrons. The van der Waals surface area contributed by atoms with E-state index in [9.17, 15) is 9.59 Å². The summed E-state index contributed by atoms with van der Waals surface area (Å²) in [4.78, 5) is 24.4. The van der Waals surface area contributed by atoms with Gasteiger partial charge in [0.05, 0.1) is 25.0 Å². The number of methoxy groups -OCH3 is 1. The van der Waals surface area contributed by atoms with E-state index in [0.717, 1.165) is 0 Å². The molecular formula is C19H21NO5. The first kappa shape index (κ1) is 18.3. The molecule has 0 radical (unpaired) electrons. The summed E-state index contributed by atoms with van der Waals surface area (Å²) in [5.74, 6) is 0.177. The quantitative estimate of drug-likeness (QED) is 0.781. The second kappa shape index (κ2) is 8.73. The van der Waals surface area contributed by atoms with Crippen molar-refractivity contribution >= 4 is 17.6 Å². The van der Waals surface area contributed by atoms with Crippen molar-refractivity contribution in [2.24, 2.45) is 0 Å². The van der Waals surface area contributed by atoms with Gasteiger partial charge in [-0.15, -0.1) is 0 Å². The molecule has 2 rings (SSSR count). The van der Waals surface area contributed by atoms with Crippen molar-refractivity contribution in [2.75, 3.05) is 19.0 Å². The van der Waals surface area contributed by atoms with Crippen molar-refractivity contribution in [1.82, 2.24) is 0 Å². The molecule has 0 bridgehead atoms. The van der Waals surface area contributed by atoms with Crippen LogP contribution in [0, 0.1) is 0 Å². The van der Waals surface area contributed by atoms with Crippen molar-refractivity contribution in [3.63, 3.8) is 0 Å². The molecule has 25 heavy (non-hydrogen) atoms. The highest BCUT2D eigenvalue weighted by molar-refractivity contribution is 5.98. The molecule has 0 aliphatic carbocycles. The number of nitrogens with one attached hydrogen (secondary N) is 1. The number of hydrogen-bond donors (Lipinski definition) is 1. The molecule has 0 fully saturated rings. The van der Waals surface area contributed by atoms with E-state index >= 15 is 0 Å². The fourth-order valence-corrected chi connectivity index (χ4v) is 2.12. The third kappa shape index (κ3) is 4.97. The van der Waals surface area contributed by atoms with Crippen LogP contribution in [0.25, 0.3) is 0 Å². The van der Waals surface area contributed by atoms with Crippen molar-refractivity contribution in [1.29, 1.82) is 0 Å². The second-order valence-electron chi connectivity index (χ2n) is 5.19. The van der Waals surface area contributed by atoms with Crippen molar-refractivity contribution < 1.29 is 23.8 Å². The Morgan fingerprint density at radius 1 is 1.08 bits per heavy atom. The monoisotopic (exact) mass is 343 g/mol. The minimum absolute atomic E-state index is 0.348. The van der Waals surface area contributed by atoms with Gasteiger partial charge in [-0.3, -0.25) is 4.79 Å². The van der Waals surface area contributed by atoms with E-state index < -0.39 is 18.0 Å². The van der Waals surface area contributed by atoms with Crippen LogP contribution < -0.4 is 14.8 Å².